The van der Waals surface area contributed by atoms with Crippen molar-refractivity contribution in [3.05, 3.63) is 75.9 Å². The van der Waals surface area contributed by atoms with Gasteiger partial charge in [-0.25, -0.2) is 4.79 Å². The van der Waals surface area contributed by atoms with Gasteiger partial charge in [-0.1, -0.05) is 62.9 Å². The Morgan fingerprint density at radius 2 is 1.29 bits per heavy atom. The molecule has 63 heavy (non-hydrogen) atoms. The fourth-order valence-electron chi connectivity index (χ4n) is 7.94. The maximum atomic E-state index is 12.6. The molecule has 18 heteroatoms. The Labute approximate surface area is 367 Å². The average molecular weight is 899 g/mol. The predicted molar refractivity (Wildman–Crippen MR) is 228 cm³/mol. The van der Waals surface area contributed by atoms with Crippen molar-refractivity contribution in [2.75, 3.05) is 13.2 Å². The van der Waals surface area contributed by atoms with E-state index in [1.165, 1.54) is 24.3 Å². The molecule has 4 aliphatic rings. The number of aromatic carboxylic acids is 1. The van der Waals surface area contributed by atoms with Crippen LogP contribution in [0.2, 0.25) is 0 Å². The second kappa shape index (κ2) is 22.0. The quantitative estimate of drug-likeness (QED) is 0.0267. The van der Waals surface area contributed by atoms with Crippen molar-refractivity contribution in [3.8, 4) is 28.2 Å². The van der Waals surface area contributed by atoms with Crippen molar-refractivity contribution in [1.29, 1.82) is 0 Å². The second-order valence-corrected chi connectivity index (χ2v) is 16.7. The van der Waals surface area contributed by atoms with Crippen LogP contribution in [0.4, 0.5) is 0 Å². The fourth-order valence-corrected chi connectivity index (χ4v) is 8.25. The lowest BCUT2D eigenvalue weighted by molar-refractivity contribution is -0.376. The van der Waals surface area contributed by atoms with Gasteiger partial charge in [0.25, 0.3) is 0 Å². The van der Waals surface area contributed by atoms with E-state index >= 15 is 0 Å². The van der Waals surface area contributed by atoms with Crippen molar-refractivity contribution in [3.63, 3.8) is 0 Å². The van der Waals surface area contributed by atoms with Gasteiger partial charge in [0.05, 0.1) is 12.2 Å². The van der Waals surface area contributed by atoms with Crippen LogP contribution < -0.4 is 5.43 Å². The molecule has 0 amide bonds. The lowest BCUT2D eigenvalue weighted by Crippen LogP contribution is -2.63. The van der Waals surface area contributed by atoms with Gasteiger partial charge in [-0.05, 0) is 65.6 Å². The van der Waals surface area contributed by atoms with E-state index in [0.29, 0.717) is 46.9 Å². The van der Waals surface area contributed by atoms with Gasteiger partial charge in [0.2, 0.25) is 0 Å². The summed E-state index contributed by atoms with van der Waals surface area (Å²) in [5, 5.41) is 91.7. The number of aliphatic hydroxyl groups is 7. The second-order valence-electron chi connectivity index (χ2n) is 16.1. The van der Waals surface area contributed by atoms with Gasteiger partial charge in [0.1, 0.15) is 72.5 Å². The maximum Gasteiger partial charge on any atom is 0.336 e. The van der Waals surface area contributed by atoms with Gasteiger partial charge >= 0.3 is 11.9 Å². The standard InChI is InChI=1S/C45H54O17S/c46-21-33-37(50)39(52)41(54)44(60-33)62-45-42(55)40(53)38(51)34(61-45)22-58-35(49)10-8-6-4-2-1-3-5-7-9-26(63)17-23-11-14-27(30(18-23)43(56)57)36-28-15-12-24(47)19-31(28)59-32-20-25(48)13-16-29(32)36/h11-16,18-20,33-34,37-42,44-47,50-55H,1-10,17,21-22H2,(H,56,57)/t33?,34?,37-,38-,39?,40+,41-,42?,44-,45-/m1/s1. The maximum absolute atomic E-state index is 12.6. The summed E-state index contributed by atoms with van der Waals surface area (Å²) in [5.41, 5.74) is 2.49. The highest BCUT2D eigenvalue weighted by molar-refractivity contribution is 7.80. The number of carboxylic acids is 1. The number of thiocarbonyl (C=S) groups is 1. The Balaban J connectivity index is 0.873. The van der Waals surface area contributed by atoms with Crippen LogP contribution >= 0.6 is 12.2 Å². The van der Waals surface area contributed by atoms with E-state index in [9.17, 15) is 60.3 Å². The van der Waals surface area contributed by atoms with Crippen LogP contribution in [0.15, 0.2) is 63.8 Å². The smallest absolute Gasteiger partial charge is 0.336 e. The Hall–Kier alpha value is -4.44. The molecular weight excluding hydrogens is 845 g/mol. The van der Waals surface area contributed by atoms with Crippen molar-refractivity contribution in [1.82, 2.24) is 0 Å². The Morgan fingerprint density at radius 1 is 0.683 bits per heavy atom. The molecule has 0 spiro atoms. The highest BCUT2D eigenvalue weighted by atomic mass is 32.1. The van der Waals surface area contributed by atoms with Crippen molar-refractivity contribution >= 4 is 40.0 Å². The summed E-state index contributed by atoms with van der Waals surface area (Å²) < 4.78 is 27.3. The zero-order chi connectivity index (χ0) is 45.4. The summed E-state index contributed by atoms with van der Waals surface area (Å²) >= 11 is 5.69. The first-order chi connectivity index (χ1) is 30.2. The average Bonchev–Trinajstić information content (AvgIpc) is 3.25. The highest BCUT2D eigenvalue weighted by Gasteiger charge is 2.50. The molecule has 2 aromatic carbocycles. The van der Waals surface area contributed by atoms with E-state index in [0.717, 1.165) is 55.4 Å². The fraction of sp³-hybridized carbons (Fsp3) is 0.511. The first-order valence-corrected chi connectivity index (χ1v) is 21.5. The Bertz CT molecular complexity index is 2230. The molecule has 9 N–H and O–H groups in total. The molecule has 17 nitrogen and oxygen atoms in total. The number of aromatic hydroxyl groups is 1. The summed E-state index contributed by atoms with van der Waals surface area (Å²) in [7, 11) is 0. The molecule has 2 fully saturated rings. The van der Waals surface area contributed by atoms with Crippen molar-refractivity contribution in [2.24, 2.45) is 0 Å². The van der Waals surface area contributed by atoms with Crippen LogP contribution in [0.25, 0.3) is 33.4 Å². The zero-order valence-electron chi connectivity index (χ0n) is 34.4. The number of phenolic OH excluding ortho intramolecular Hbond substituents is 1. The summed E-state index contributed by atoms with van der Waals surface area (Å²) in [4.78, 5) is 38.0. The van der Waals surface area contributed by atoms with Crippen LogP contribution in [0.3, 0.4) is 0 Å². The highest BCUT2D eigenvalue weighted by Crippen LogP contribution is 2.42. The van der Waals surface area contributed by atoms with Gasteiger partial charge in [0.15, 0.2) is 18.0 Å². The summed E-state index contributed by atoms with van der Waals surface area (Å²) in [5.74, 6) is -1.43. The number of ether oxygens (including phenoxy) is 4. The molecule has 1 aliphatic carbocycles. The molecule has 0 radical (unpaired) electrons. The molecule has 3 heterocycles. The molecule has 0 aromatic heterocycles. The first kappa shape index (κ1) is 48.0. The largest absolute Gasteiger partial charge is 0.508 e. The minimum atomic E-state index is -1.82. The minimum Gasteiger partial charge on any atom is -0.508 e. The lowest BCUT2D eigenvalue weighted by atomic mass is 9.89. The summed E-state index contributed by atoms with van der Waals surface area (Å²) in [6, 6.07) is 14.2. The lowest BCUT2D eigenvalue weighted by Gasteiger charge is -2.44. The number of hydrogen-bond acceptors (Lipinski definition) is 17. The number of hydrogen-bond donors (Lipinski definition) is 9. The summed E-state index contributed by atoms with van der Waals surface area (Å²) in [6.45, 7) is -1.19. The van der Waals surface area contributed by atoms with E-state index in [4.69, 9.17) is 35.6 Å². The molecule has 3 aliphatic heterocycles. The van der Waals surface area contributed by atoms with Crippen LogP contribution in [-0.4, -0.2) is 137 Å². The van der Waals surface area contributed by atoms with Gasteiger partial charge < -0.3 is 69.3 Å². The number of benzene rings is 3. The summed E-state index contributed by atoms with van der Waals surface area (Å²) in [6.07, 6.45) is -8.07. The number of carboxylic acid groups (broad SMARTS) is 1. The van der Waals surface area contributed by atoms with Crippen molar-refractivity contribution < 1.29 is 78.9 Å². The Morgan fingerprint density at radius 3 is 1.94 bits per heavy atom. The van der Waals surface area contributed by atoms with Gasteiger partial charge in [-0.3, -0.25) is 9.59 Å². The molecule has 4 unspecified atom stereocenters. The normalized spacial score (nSPS) is 26.2. The SMILES string of the molecule is O=C(CCCCCCCCCCC(=S)Cc1ccc(-c2c3ccc(=O)cc-3oc3cc(O)ccc23)c(C(=O)O)c1)OCC1O[C@H](O[C@H]2OC(CO)[C@@H](O)C(O)[C@H]2O)C(O)[C@@H](O)[C@@H]1O. The third-order valence-electron chi connectivity index (χ3n) is 11.4. The van der Waals surface area contributed by atoms with E-state index in [-0.39, 0.29) is 28.9 Å². The third kappa shape index (κ3) is 11.8. The molecule has 6 rings (SSSR count). The third-order valence-corrected chi connectivity index (χ3v) is 11.8. The van der Waals surface area contributed by atoms with Gasteiger partial charge in [0, 0.05) is 41.5 Å². The minimum absolute atomic E-state index is 0.0310. The number of carbonyl (C=O) groups is 2. The molecular formula is C45H54O17S. The van der Waals surface area contributed by atoms with Gasteiger partial charge in [-0.15, -0.1) is 0 Å². The molecule has 10 atom stereocenters. The predicted octanol–water partition coefficient (Wildman–Crippen LogP) is 2.95. The van der Waals surface area contributed by atoms with Crippen LogP contribution in [0.5, 0.6) is 5.75 Å². The molecule has 0 bridgehead atoms. The van der Waals surface area contributed by atoms with E-state index < -0.39 is 86.6 Å². The molecule has 2 saturated heterocycles. The monoisotopic (exact) mass is 898 g/mol. The van der Waals surface area contributed by atoms with E-state index in [1.54, 1.807) is 24.3 Å². The number of carbonyl (C=O) groups excluding carboxylic acids is 1. The zero-order valence-corrected chi connectivity index (χ0v) is 35.2. The van der Waals surface area contributed by atoms with Crippen LogP contribution in [0, 0.1) is 0 Å². The van der Waals surface area contributed by atoms with E-state index in [2.05, 4.69) is 0 Å². The topological polar surface area (TPSA) is 283 Å². The molecule has 342 valence electrons. The van der Waals surface area contributed by atoms with Crippen molar-refractivity contribution in [2.45, 2.75) is 132 Å². The molecule has 2 aromatic rings. The number of phenols is 1. The van der Waals surface area contributed by atoms with Crippen LogP contribution in [0.1, 0.15) is 80.1 Å². The number of unbranched alkanes of at least 4 members (excludes halogenated alkanes) is 7. The van der Waals surface area contributed by atoms with Gasteiger partial charge in [-0.2, -0.15) is 0 Å². The number of fused-ring (bicyclic) bond motifs is 2. The Kier molecular flexibility index (Phi) is 16.7. The van der Waals surface area contributed by atoms with Crippen LogP contribution in [-0.2, 0) is 30.2 Å². The number of aliphatic hydroxyl groups excluding tert-OH is 7. The first-order valence-electron chi connectivity index (χ1n) is 21.1. The number of rotatable bonds is 20. The molecule has 0 saturated carbocycles. The number of esters is 1. The van der Waals surface area contributed by atoms with E-state index in [1.807, 2.05) is 6.07 Å².